The van der Waals surface area contributed by atoms with Crippen LogP contribution in [0.3, 0.4) is 0 Å². The van der Waals surface area contributed by atoms with E-state index in [2.05, 4.69) is 0 Å². The van der Waals surface area contributed by atoms with E-state index in [1.165, 1.54) is 0 Å². The fraction of sp³-hybridized carbons (Fsp3) is 0.833. The van der Waals surface area contributed by atoms with Crippen LogP contribution in [0.4, 0.5) is 0 Å². The van der Waals surface area contributed by atoms with E-state index in [1.807, 2.05) is 4.90 Å². The molecule has 1 fully saturated rings. The lowest BCUT2D eigenvalue weighted by Crippen LogP contribution is -2.41. The molecule has 1 rings (SSSR count). The Kier molecular flexibility index (Phi) is 2.65. The molecule has 58 valence electrons. The first kappa shape index (κ1) is 7.50. The molecule has 0 radical (unpaired) electrons. The predicted octanol–water partition coefficient (Wildman–Crippen LogP) is -1.20. The van der Waals surface area contributed by atoms with E-state index in [4.69, 9.17) is 10.5 Å². The van der Waals surface area contributed by atoms with Crippen molar-refractivity contribution in [2.24, 2.45) is 5.73 Å². The summed E-state index contributed by atoms with van der Waals surface area (Å²) in [5.74, 6) is -0.262. The van der Waals surface area contributed by atoms with Gasteiger partial charge in [-0.3, -0.25) is 9.69 Å². The van der Waals surface area contributed by atoms with Gasteiger partial charge in [-0.05, 0) is 0 Å². The molecule has 4 nitrogen and oxygen atoms in total. The average molecular weight is 144 g/mol. The van der Waals surface area contributed by atoms with Gasteiger partial charge >= 0.3 is 0 Å². The summed E-state index contributed by atoms with van der Waals surface area (Å²) in [5, 5.41) is 0. The second-order valence-corrected chi connectivity index (χ2v) is 2.35. The predicted molar refractivity (Wildman–Crippen MR) is 36.5 cm³/mol. The van der Waals surface area contributed by atoms with Crippen LogP contribution < -0.4 is 5.73 Å². The summed E-state index contributed by atoms with van der Waals surface area (Å²) < 4.78 is 5.09. The molecule has 0 aromatic heterocycles. The molecule has 0 unspecified atom stereocenters. The third kappa shape index (κ3) is 2.33. The second kappa shape index (κ2) is 3.53. The standard InChI is InChI=1S/C6H12N2O2/c7-6(9)5-8-1-3-10-4-2-8/h1-5H2,(H2,7,9). The van der Waals surface area contributed by atoms with Crippen LogP contribution in [0.2, 0.25) is 0 Å². The van der Waals surface area contributed by atoms with Gasteiger partial charge in [0, 0.05) is 13.1 Å². The number of carbonyl (C=O) groups excluding carboxylic acids is 1. The average Bonchev–Trinajstić information content (AvgIpc) is 1.88. The number of rotatable bonds is 2. The van der Waals surface area contributed by atoms with E-state index < -0.39 is 0 Å². The van der Waals surface area contributed by atoms with Gasteiger partial charge in [0.2, 0.25) is 5.91 Å². The summed E-state index contributed by atoms with van der Waals surface area (Å²) >= 11 is 0. The van der Waals surface area contributed by atoms with Crippen LogP contribution in [-0.4, -0.2) is 43.7 Å². The molecule has 1 aliphatic rings. The summed E-state index contributed by atoms with van der Waals surface area (Å²) in [7, 11) is 0. The summed E-state index contributed by atoms with van der Waals surface area (Å²) in [5.41, 5.74) is 5.00. The van der Waals surface area contributed by atoms with E-state index in [-0.39, 0.29) is 5.91 Å². The number of hydrogen-bond donors (Lipinski definition) is 1. The van der Waals surface area contributed by atoms with Crippen molar-refractivity contribution >= 4 is 5.91 Å². The summed E-state index contributed by atoms with van der Waals surface area (Å²) in [4.78, 5) is 12.4. The van der Waals surface area contributed by atoms with Crippen molar-refractivity contribution in [3.8, 4) is 0 Å². The molecular formula is C6H12N2O2. The molecule has 1 heterocycles. The Bertz CT molecular complexity index is 121. The van der Waals surface area contributed by atoms with Crippen molar-refractivity contribution in [1.29, 1.82) is 0 Å². The number of nitrogens with zero attached hydrogens (tertiary/aromatic N) is 1. The van der Waals surface area contributed by atoms with Gasteiger partial charge < -0.3 is 10.5 Å². The Hall–Kier alpha value is -0.610. The first-order valence-electron chi connectivity index (χ1n) is 3.37. The van der Waals surface area contributed by atoms with Gasteiger partial charge in [-0.1, -0.05) is 0 Å². The van der Waals surface area contributed by atoms with Gasteiger partial charge in [0.05, 0.1) is 19.8 Å². The van der Waals surface area contributed by atoms with Crippen molar-refractivity contribution in [1.82, 2.24) is 4.90 Å². The monoisotopic (exact) mass is 144 g/mol. The molecule has 0 atom stereocenters. The van der Waals surface area contributed by atoms with E-state index in [1.54, 1.807) is 0 Å². The molecule has 2 N–H and O–H groups in total. The minimum atomic E-state index is -0.262. The Balaban J connectivity index is 2.19. The van der Waals surface area contributed by atoms with Crippen molar-refractivity contribution in [2.75, 3.05) is 32.8 Å². The van der Waals surface area contributed by atoms with Crippen LogP contribution in [-0.2, 0) is 9.53 Å². The first-order chi connectivity index (χ1) is 4.79. The zero-order valence-electron chi connectivity index (χ0n) is 5.88. The zero-order chi connectivity index (χ0) is 7.40. The SMILES string of the molecule is NC(=O)CN1CCOCC1. The lowest BCUT2D eigenvalue weighted by molar-refractivity contribution is -0.120. The molecule has 0 aromatic carbocycles. The molecular weight excluding hydrogens is 132 g/mol. The van der Waals surface area contributed by atoms with E-state index >= 15 is 0 Å². The highest BCUT2D eigenvalue weighted by atomic mass is 16.5. The fourth-order valence-electron chi connectivity index (χ4n) is 0.980. The van der Waals surface area contributed by atoms with E-state index in [0.29, 0.717) is 19.8 Å². The lowest BCUT2D eigenvalue weighted by Gasteiger charge is -2.24. The minimum absolute atomic E-state index is 0.262. The zero-order valence-corrected chi connectivity index (χ0v) is 5.88. The Morgan fingerprint density at radius 2 is 2.10 bits per heavy atom. The molecule has 0 aromatic rings. The van der Waals surface area contributed by atoms with Crippen LogP contribution in [0, 0.1) is 0 Å². The quantitative estimate of drug-likeness (QED) is 0.530. The molecule has 10 heavy (non-hydrogen) atoms. The number of carbonyl (C=O) groups is 1. The van der Waals surface area contributed by atoms with Crippen molar-refractivity contribution in [2.45, 2.75) is 0 Å². The Labute approximate surface area is 59.9 Å². The van der Waals surface area contributed by atoms with Crippen molar-refractivity contribution in [3.05, 3.63) is 0 Å². The van der Waals surface area contributed by atoms with Crippen LogP contribution in [0.5, 0.6) is 0 Å². The topological polar surface area (TPSA) is 55.6 Å². The third-order valence-corrected chi connectivity index (χ3v) is 1.48. The fourth-order valence-corrected chi connectivity index (χ4v) is 0.980. The van der Waals surface area contributed by atoms with Crippen LogP contribution in [0.25, 0.3) is 0 Å². The first-order valence-corrected chi connectivity index (χ1v) is 3.37. The van der Waals surface area contributed by atoms with Crippen molar-refractivity contribution < 1.29 is 9.53 Å². The van der Waals surface area contributed by atoms with Crippen LogP contribution in [0.15, 0.2) is 0 Å². The van der Waals surface area contributed by atoms with Crippen LogP contribution >= 0.6 is 0 Å². The van der Waals surface area contributed by atoms with Crippen LogP contribution in [0.1, 0.15) is 0 Å². The number of primary amides is 1. The van der Waals surface area contributed by atoms with E-state index in [0.717, 1.165) is 13.1 Å². The molecule has 0 spiro atoms. The summed E-state index contributed by atoms with van der Waals surface area (Å²) in [6.45, 7) is 3.44. The number of nitrogens with two attached hydrogens (primary N) is 1. The third-order valence-electron chi connectivity index (χ3n) is 1.48. The highest BCUT2D eigenvalue weighted by Crippen LogP contribution is 1.94. The van der Waals surface area contributed by atoms with Gasteiger partial charge in [0.15, 0.2) is 0 Å². The highest BCUT2D eigenvalue weighted by Gasteiger charge is 2.11. The lowest BCUT2D eigenvalue weighted by atomic mass is 10.4. The molecule has 1 aliphatic heterocycles. The Morgan fingerprint density at radius 3 is 2.60 bits per heavy atom. The number of amides is 1. The maximum Gasteiger partial charge on any atom is 0.231 e. The number of hydrogen-bond acceptors (Lipinski definition) is 3. The summed E-state index contributed by atoms with van der Waals surface area (Å²) in [6.07, 6.45) is 0. The van der Waals surface area contributed by atoms with Gasteiger partial charge in [0.1, 0.15) is 0 Å². The largest absolute Gasteiger partial charge is 0.379 e. The van der Waals surface area contributed by atoms with Gasteiger partial charge in [-0.15, -0.1) is 0 Å². The van der Waals surface area contributed by atoms with Gasteiger partial charge in [-0.25, -0.2) is 0 Å². The normalized spacial score (nSPS) is 20.8. The van der Waals surface area contributed by atoms with Gasteiger partial charge in [0.25, 0.3) is 0 Å². The summed E-state index contributed by atoms with van der Waals surface area (Å²) in [6, 6.07) is 0. The maximum absolute atomic E-state index is 10.4. The molecule has 1 saturated heterocycles. The molecule has 0 aliphatic carbocycles. The molecule has 0 bridgehead atoms. The Morgan fingerprint density at radius 1 is 1.50 bits per heavy atom. The smallest absolute Gasteiger partial charge is 0.231 e. The minimum Gasteiger partial charge on any atom is -0.379 e. The molecule has 4 heteroatoms. The highest BCUT2D eigenvalue weighted by molar-refractivity contribution is 5.75. The van der Waals surface area contributed by atoms with E-state index in [9.17, 15) is 4.79 Å². The number of morpholine rings is 1. The van der Waals surface area contributed by atoms with Crippen molar-refractivity contribution in [3.63, 3.8) is 0 Å². The molecule has 0 saturated carbocycles. The number of ether oxygens (including phenoxy) is 1. The second-order valence-electron chi connectivity index (χ2n) is 2.35. The maximum atomic E-state index is 10.4. The van der Waals surface area contributed by atoms with Gasteiger partial charge in [-0.2, -0.15) is 0 Å². The molecule has 1 amide bonds.